The van der Waals surface area contributed by atoms with Crippen LogP contribution in [0.5, 0.6) is 5.75 Å². The van der Waals surface area contributed by atoms with Gasteiger partial charge in [-0.3, -0.25) is 4.90 Å². The monoisotopic (exact) mass is 601 g/mol. The summed E-state index contributed by atoms with van der Waals surface area (Å²) in [6.07, 6.45) is 4.37. The van der Waals surface area contributed by atoms with Crippen LogP contribution >= 0.6 is 0 Å². The first-order chi connectivity index (χ1) is 20.2. The van der Waals surface area contributed by atoms with Crippen molar-refractivity contribution in [3.8, 4) is 5.75 Å². The van der Waals surface area contributed by atoms with E-state index in [0.717, 1.165) is 85.0 Å². The molecule has 2 fully saturated rings. The zero-order valence-electron chi connectivity index (χ0n) is 23.3. The van der Waals surface area contributed by atoms with E-state index >= 15 is 0 Å². The van der Waals surface area contributed by atoms with Crippen molar-refractivity contribution in [2.45, 2.75) is 62.9 Å². The fraction of sp³-hybridized carbons (Fsp3) is 0.500. The third-order valence-corrected chi connectivity index (χ3v) is 9.85. The van der Waals surface area contributed by atoms with Crippen molar-refractivity contribution in [3.63, 3.8) is 0 Å². The van der Waals surface area contributed by atoms with Gasteiger partial charge in [0, 0.05) is 35.1 Å². The second kappa shape index (κ2) is 11.9. The van der Waals surface area contributed by atoms with Gasteiger partial charge < -0.3 is 14.3 Å². The molecule has 0 bridgehead atoms. The average molecular weight is 602 g/mol. The van der Waals surface area contributed by atoms with Crippen molar-refractivity contribution in [2.24, 2.45) is 11.8 Å². The summed E-state index contributed by atoms with van der Waals surface area (Å²) >= 11 is -2.02. The van der Waals surface area contributed by atoms with Crippen molar-refractivity contribution >= 4 is 33.0 Å². The van der Waals surface area contributed by atoms with Gasteiger partial charge in [-0.25, -0.2) is 19.2 Å². The molecule has 3 aromatic heterocycles. The number of fused-ring (bicyclic) bond motifs is 3. The normalized spacial score (nSPS) is 23.7. The molecule has 0 radical (unpaired) electrons. The second-order valence-electron chi connectivity index (χ2n) is 11.6. The van der Waals surface area contributed by atoms with E-state index < -0.39 is 28.2 Å². The summed E-state index contributed by atoms with van der Waals surface area (Å²) < 4.78 is 67.6. The van der Waals surface area contributed by atoms with Crippen LogP contribution in [0.1, 0.15) is 61.5 Å². The summed E-state index contributed by atoms with van der Waals surface area (Å²) in [5.74, 6) is 1.69. The highest BCUT2D eigenvalue weighted by atomic mass is 32.2. The molecule has 1 saturated carbocycles. The first kappa shape index (κ1) is 29.0. The Morgan fingerprint density at radius 2 is 1.88 bits per heavy atom. The standard InChI is InChI=1S/C30H34F3N5O3S/c1-18-36-25-15-35-28-24(12-13-34-28)26(25)27(37-18)20-4-6-21(7-5-20)29(42(39)40)38-14-2-3-19(16-38)17-41-23-10-8-22(9-11-23)30(31,32)33/h8-13,15,19-21,29H,2-7,14,16-17H2,1H3,(H,36,37)(H,39,40). The molecule has 0 amide bonds. The van der Waals surface area contributed by atoms with E-state index in [1.54, 1.807) is 12.4 Å². The van der Waals surface area contributed by atoms with E-state index in [1.165, 1.54) is 12.1 Å². The molecule has 4 heterocycles. The molecule has 3 unspecified atom stereocenters. The van der Waals surface area contributed by atoms with E-state index in [2.05, 4.69) is 24.8 Å². The number of nitrogens with zero attached hydrogens (tertiary/aromatic N) is 4. The number of aryl methyl sites for hydroxylation is 1. The number of alkyl halides is 3. The third kappa shape index (κ3) is 6.02. The number of H-pyrrole nitrogens is 1. The lowest BCUT2D eigenvalue weighted by Crippen LogP contribution is -2.49. The zero-order valence-corrected chi connectivity index (χ0v) is 24.1. The number of likely N-dealkylation sites (tertiary alicyclic amines) is 1. The van der Waals surface area contributed by atoms with Gasteiger partial charge in [-0.1, -0.05) is 0 Å². The van der Waals surface area contributed by atoms with Gasteiger partial charge in [-0.15, -0.1) is 0 Å². The fourth-order valence-electron chi connectivity index (χ4n) is 6.79. The largest absolute Gasteiger partial charge is 0.493 e. The number of aromatic nitrogens is 4. The van der Waals surface area contributed by atoms with E-state index in [1.807, 2.05) is 13.0 Å². The van der Waals surface area contributed by atoms with Gasteiger partial charge in [0.15, 0.2) is 16.7 Å². The Morgan fingerprint density at radius 3 is 2.60 bits per heavy atom. The highest BCUT2D eigenvalue weighted by Crippen LogP contribution is 2.42. The maximum atomic E-state index is 12.9. The quantitative estimate of drug-likeness (QED) is 0.235. The minimum atomic E-state index is -4.38. The number of hydrogen-bond donors (Lipinski definition) is 2. The van der Waals surface area contributed by atoms with Crippen LogP contribution in [0.3, 0.4) is 0 Å². The van der Waals surface area contributed by atoms with Crippen molar-refractivity contribution in [1.29, 1.82) is 0 Å². The Balaban J connectivity index is 1.11. The summed E-state index contributed by atoms with van der Waals surface area (Å²) in [4.78, 5) is 19.1. The maximum absolute atomic E-state index is 12.9. The van der Waals surface area contributed by atoms with Crippen molar-refractivity contribution in [2.75, 3.05) is 19.7 Å². The van der Waals surface area contributed by atoms with Gasteiger partial charge in [-0.2, -0.15) is 13.2 Å². The molecule has 8 nitrogen and oxygen atoms in total. The maximum Gasteiger partial charge on any atom is 0.416 e. The molecule has 12 heteroatoms. The Bertz CT molecular complexity index is 1570. The van der Waals surface area contributed by atoms with Crippen LogP contribution < -0.4 is 4.74 Å². The fourth-order valence-corrected chi connectivity index (χ4v) is 7.84. The van der Waals surface area contributed by atoms with Crippen LogP contribution in [0.15, 0.2) is 42.7 Å². The van der Waals surface area contributed by atoms with Crippen molar-refractivity contribution in [3.05, 3.63) is 59.8 Å². The van der Waals surface area contributed by atoms with E-state index in [9.17, 15) is 21.9 Å². The SMILES string of the molecule is Cc1nc2cnc3nccc3c2c(C2CCC(C(N3CCCC(COc4ccc(C(F)(F)F)cc4)C3)S(=O)O)CC2)[nH]1. The molecule has 3 atom stereocenters. The van der Waals surface area contributed by atoms with E-state index in [0.29, 0.717) is 24.5 Å². The summed E-state index contributed by atoms with van der Waals surface area (Å²) in [5.41, 5.74) is 1.97. The summed E-state index contributed by atoms with van der Waals surface area (Å²) in [5, 5.41) is 1.58. The lowest BCUT2D eigenvalue weighted by molar-refractivity contribution is -0.137. The van der Waals surface area contributed by atoms with Gasteiger partial charge in [0.25, 0.3) is 0 Å². The molecule has 2 N–H and O–H groups in total. The third-order valence-electron chi connectivity index (χ3n) is 8.75. The van der Waals surface area contributed by atoms with Crippen molar-refractivity contribution in [1.82, 2.24) is 24.8 Å². The van der Waals surface area contributed by atoms with Crippen LogP contribution in [-0.2, 0) is 17.3 Å². The molecular weight excluding hydrogens is 567 g/mol. The number of ether oxygens (including phenoxy) is 1. The van der Waals surface area contributed by atoms with Crippen LogP contribution in [0.2, 0.25) is 0 Å². The Kier molecular flexibility index (Phi) is 8.21. The molecule has 224 valence electrons. The number of hydrogen-bond acceptors (Lipinski definition) is 6. The minimum absolute atomic E-state index is 0.0816. The second-order valence-corrected chi connectivity index (χ2v) is 12.6. The summed E-state index contributed by atoms with van der Waals surface area (Å²) in [6, 6.07) is 6.70. The molecule has 6 rings (SSSR count). The van der Waals surface area contributed by atoms with Crippen LogP contribution in [0, 0.1) is 18.8 Å². The summed E-state index contributed by atoms with van der Waals surface area (Å²) in [7, 11) is 0. The summed E-state index contributed by atoms with van der Waals surface area (Å²) in [6.45, 7) is 3.66. The number of pyridine rings is 1. The first-order valence-electron chi connectivity index (χ1n) is 14.4. The molecule has 0 spiro atoms. The Hall–Kier alpha value is -3.09. The zero-order chi connectivity index (χ0) is 29.4. The molecule has 2 aliphatic rings. The molecule has 1 saturated heterocycles. The highest BCUT2D eigenvalue weighted by molar-refractivity contribution is 7.79. The van der Waals surface area contributed by atoms with Crippen LogP contribution in [0.25, 0.3) is 21.9 Å². The molecule has 4 aromatic rings. The molecule has 42 heavy (non-hydrogen) atoms. The molecule has 1 aromatic carbocycles. The van der Waals surface area contributed by atoms with Gasteiger partial charge in [0.05, 0.1) is 23.9 Å². The predicted octanol–water partition coefficient (Wildman–Crippen LogP) is 6.45. The number of rotatable bonds is 7. The average Bonchev–Trinajstić information content (AvgIpc) is 3.45. The van der Waals surface area contributed by atoms with Crippen molar-refractivity contribution < 1.29 is 26.7 Å². The number of aromatic amines is 1. The van der Waals surface area contributed by atoms with Crippen LogP contribution in [-0.4, -0.2) is 58.7 Å². The van der Waals surface area contributed by atoms with Gasteiger partial charge in [-0.05, 0) is 94.2 Å². The number of piperidine rings is 1. The smallest absolute Gasteiger partial charge is 0.416 e. The van der Waals surface area contributed by atoms with Crippen LogP contribution in [0.4, 0.5) is 13.2 Å². The first-order valence-corrected chi connectivity index (χ1v) is 15.6. The topological polar surface area (TPSA) is 104 Å². The molecular formula is C30H34F3N5O3S. The minimum Gasteiger partial charge on any atom is -0.493 e. The molecule has 1 aliphatic heterocycles. The van der Waals surface area contributed by atoms with Gasteiger partial charge in [0.1, 0.15) is 16.9 Å². The lowest BCUT2D eigenvalue weighted by Gasteiger charge is -2.42. The Morgan fingerprint density at radius 1 is 1.12 bits per heavy atom. The lowest BCUT2D eigenvalue weighted by atomic mass is 9.78. The van der Waals surface area contributed by atoms with Gasteiger partial charge in [0.2, 0.25) is 0 Å². The van der Waals surface area contributed by atoms with E-state index in [4.69, 9.17) is 4.74 Å². The predicted molar refractivity (Wildman–Crippen MR) is 154 cm³/mol. The number of nitrogens with one attached hydrogen (secondary N) is 1. The van der Waals surface area contributed by atoms with E-state index in [-0.39, 0.29) is 17.8 Å². The van der Waals surface area contributed by atoms with Gasteiger partial charge >= 0.3 is 6.18 Å². The number of benzene rings is 1. The Labute approximate surface area is 244 Å². The number of halogens is 3. The highest BCUT2D eigenvalue weighted by Gasteiger charge is 2.38. The molecule has 1 aliphatic carbocycles.